The number of H-pyrrole nitrogens is 1. The van der Waals surface area contributed by atoms with Gasteiger partial charge in [-0.05, 0) is 31.0 Å². The number of nitrogens with one attached hydrogen (secondary N) is 2. The lowest BCUT2D eigenvalue weighted by molar-refractivity contribution is 0.0599. The number of rotatable bonds is 8. The van der Waals surface area contributed by atoms with Gasteiger partial charge in [0.1, 0.15) is 23.9 Å². The molecule has 0 saturated carbocycles. The van der Waals surface area contributed by atoms with Gasteiger partial charge in [-0.15, -0.1) is 0 Å². The summed E-state index contributed by atoms with van der Waals surface area (Å²) in [5.41, 5.74) is 2.02. The summed E-state index contributed by atoms with van der Waals surface area (Å²) in [4.78, 5) is 27.4. The minimum atomic E-state index is -0.462. The van der Waals surface area contributed by atoms with E-state index in [0.717, 1.165) is 6.42 Å². The number of hydrogen-bond acceptors (Lipinski definition) is 4. The van der Waals surface area contributed by atoms with Crippen molar-refractivity contribution in [2.75, 3.05) is 20.3 Å². The molecule has 0 aliphatic carbocycles. The van der Waals surface area contributed by atoms with Gasteiger partial charge in [-0.2, -0.15) is 0 Å². The Bertz CT molecular complexity index is 786. The molecule has 6 nitrogen and oxygen atoms in total. The van der Waals surface area contributed by atoms with Gasteiger partial charge in [-0.3, -0.25) is 4.79 Å². The predicted octanol–water partition coefficient (Wildman–Crippen LogP) is 3.01. The van der Waals surface area contributed by atoms with Crippen LogP contribution in [0.3, 0.4) is 0 Å². The van der Waals surface area contributed by atoms with E-state index in [1.54, 1.807) is 19.1 Å². The Hall–Kier alpha value is -2.83. The van der Waals surface area contributed by atoms with Crippen LogP contribution in [0.1, 0.15) is 45.4 Å². The highest BCUT2D eigenvalue weighted by atomic mass is 19.1. The first-order valence-corrected chi connectivity index (χ1v) is 8.44. The van der Waals surface area contributed by atoms with E-state index in [2.05, 4.69) is 10.3 Å². The molecular formula is C19H23FN2O4. The van der Waals surface area contributed by atoms with Gasteiger partial charge in [0.05, 0.1) is 19.2 Å². The first-order valence-electron chi connectivity index (χ1n) is 8.44. The van der Waals surface area contributed by atoms with Crippen LogP contribution < -0.4 is 10.1 Å². The molecule has 0 bridgehead atoms. The van der Waals surface area contributed by atoms with Crippen molar-refractivity contribution >= 4 is 11.9 Å². The van der Waals surface area contributed by atoms with E-state index in [-0.39, 0.29) is 24.9 Å². The molecule has 0 radical (unpaired) electrons. The number of halogens is 1. The number of esters is 1. The van der Waals surface area contributed by atoms with Crippen LogP contribution in [0.4, 0.5) is 4.39 Å². The summed E-state index contributed by atoms with van der Waals surface area (Å²) in [5, 5.41) is 2.74. The third-order valence-corrected chi connectivity index (χ3v) is 3.86. The van der Waals surface area contributed by atoms with Gasteiger partial charge in [-0.25, -0.2) is 9.18 Å². The molecule has 0 unspecified atom stereocenters. The van der Waals surface area contributed by atoms with Crippen LogP contribution in [0.15, 0.2) is 24.3 Å². The smallest absolute Gasteiger partial charge is 0.339 e. The molecule has 2 aromatic rings. The normalized spacial score (nSPS) is 10.5. The van der Waals surface area contributed by atoms with Crippen molar-refractivity contribution in [1.29, 1.82) is 0 Å². The first-order chi connectivity index (χ1) is 12.5. The fourth-order valence-electron chi connectivity index (χ4n) is 2.73. The molecule has 0 aliphatic rings. The van der Waals surface area contributed by atoms with Crippen LogP contribution >= 0.6 is 0 Å². The summed E-state index contributed by atoms with van der Waals surface area (Å²) in [6.07, 6.45) is 1.36. The monoisotopic (exact) mass is 362 g/mol. The molecular weight excluding hydrogens is 339 g/mol. The quantitative estimate of drug-likeness (QED) is 0.559. The van der Waals surface area contributed by atoms with Crippen molar-refractivity contribution in [1.82, 2.24) is 10.3 Å². The minimum Gasteiger partial charge on any atom is -0.492 e. The van der Waals surface area contributed by atoms with Crippen LogP contribution in [0, 0.1) is 12.7 Å². The van der Waals surface area contributed by atoms with E-state index < -0.39 is 5.97 Å². The molecule has 26 heavy (non-hydrogen) atoms. The maximum Gasteiger partial charge on any atom is 0.339 e. The van der Waals surface area contributed by atoms with Crippen molar-refractivity contribution in [3.63, 3.8) is 0 Å². The fourth-order valence-corrected chi connectivity index (χ4v) is 2.73. The summed E-state index contributed by atoms with van der Waals surface area (Å²) in [5.74, 6) is -0.771. The van der Waals surface area contributed by atoms with E-state index in [1.807, 2.05) is 6.92 Å². The third kappa shape index (κ3) is 4.62. The van der Waals surface area contributed by atoms with E-state index >= 15 is 0 Å². The molecule has 7 heteroatoms. The summed E-state index contributed by atoms with van der Waals surface area (Å²) in [6.45, 7) is 4.14. The first kappa shape index (κ1) is 19.5. The number of ether oxygens (including phenoxy) is 2. The molecule has 1 heterocycles. The van der Waals surface area contributed by atoms with E-state index in [0.29, 0.717) is 34.7 Å². The summed E-state index contributed by atoms with van der Waals surface area (Å²) < 4.78 is 23.3. The number of hydrogen-bond donors (Lipinski definition) is 2. The van der Waals surface area contributed by atoms with Gasteiger partial charge in [0.2, 0.25) is 0 Å². The van der Waals surface area contributed by atoms with Crippen molar-refractivity contribution in [2.45, 2.75) is 26.7 Å². The molecule has 1 aromatic carbocycles. The highest BCUT2D eigenvalue weighted by molar-refractivity contribution is 6.00. The fraction of sp³-hybridized carbons (Fsp3) is 0.368. The van der Waals surface area contributed by atoms with Crippen molar-refractivity contribution in [3.05, 3.63) is 52.6 Å². The van der Waals surface area contributed by atoms with E-state index in [4.69, 9.17) is 9.47 Å². The van der Waals surface area contributed by atoms with Gasteiger partial charge in [0.15, 0.2) is 0 Å². The lowest BCUT2D eigenvalue weighted by Crippen LogP contribution is -2.29. The topological polar surface area (TPSA) is 80.4 Å². The minimum absolute atomic E-state index is 0.196. The predicted molar refractivity (Wildman–Crippen MR) is 95.1 cm³/mol. The molecule has 2 rings (SSSR count). The number of aromatic amines is 1. The molecule has 1 amide bonds. The Balaban J connectivity index is 2.01. The van der Waals surface area contributed by atoms with Crippen molar-refractivity contribution < 1.29 is 23.5 Å². The zero-order valence-electron chi connectivity index (χ0n) is 15.1. The maximum absolute atomic E-state index is 13.1. The molecule has 0 fully saturated rings. The lowest BCUT2D eigenvalue weighted by atomic mass is 10.0. The molecule has 0 saturated heterocycles. The number of aryl methyl sites for hydroxylation is 1. The van der Waals surface area contributed by atoms with E-state index in [9.17, 15) is 14.0 Å². The Morgan fingerprint density at radius 3 is 2.73 bits per heavy atom. The molecule has 2 N–H and O–H groups in total. The summed E-state index contributed by atoms with van der Waals surface area (Å²) in [7, 11) is 1.31. The average molecular weight is 362 g/mol. The van der Waals surface area contributed by atoms with Crippen LogP contribution in [0.5, 0.6) is 5.75 Å². The van der Waals surface area contributed by atoms with Crippen LogP contribution in [-0.2, 0) is 11.2 Å². The Kier molecular flexibility index (Phi) is 6.77. The van der Waals surface area contributed by atoms with Crippen LogP contribution in [0.2, 0.25) is 0 Å². The molecule has 0 atom stereocenters. The lowest BCUT2D eigenvalue weighted by Gasteiger charge is -2.09. The van der Waals surface area contributed by atoms with Gasteiger partial charge < -0.3 is 19.8 Å². The molecule has 0 spiro atoms. The summed E-state index contributed by atoms with van der Waals surface area (Å²) >= 11 is 0. The average Bonchev–Trinajstić information content (AvgIpc) is 2.94. The number of carbonyl (C=O) groups is 2. The highest BCUT2D eigenvalue weighted by Crippen LogP contribution is 2.21. The zero-order valence-corrected chi connectivity index (χ0v) is 15.1. The number of carbonyl (C=O) groups excluding carboxylic acids is 2. The van der Waals surface area contributed by atoms with Crippen molar-refractivity contribution in [2.24, 2.45) is 0 Å². The molecule has 0 aliphatic heterocycles. The van der Waals surface area contributed by atoms with Gasteiger partial charge >= 0.3 is 5.97 Å². The van der Waals surface area contributed by atoms with Gasteiger partial charge in [0.25, 0.3) is 5.91 Å². The number of amides is 1. The second-order valence-corrected chi connectivity index (χ2v) is 5.78. The Morgan fingerprint density at radius 2 is 2.08 bits per heavy atom. The van der Waals surface area contributed by atoms with Gasteiger partial charge in [-0.1, -0.05) is 19.4 Å². The van der Waals surface area contributed by atoms with E-state index in [1.165, 1.54) is 19.2 Å². The highest BCUT2D eigenvalue weighted by Gasteiger charge is 2.24. The standard InChI is InChI=1S/C19H23FN2O4/c1-4-6-15-16(19(24)25-3)12(2)22-17(15)18(23)21-9-10-26-14-8-5-7-13(20)11-14/h5,7-8,11,22H,4,6,9-10H2,1-3H3,(H,21,23). The Labute approximate surface area is 151 Å². The zero-order chi connectivity index (χ0) is 19.1. The second-order valence-electron chi connectivity index (χ2n) is 5.78. The Morgan fingerprint density at radius 1 is 1.31 bits per heavy atom. The van der Waals surface area contributed by atoms with Crippen LogP contribution in [0.25, 0.3) is 0 Å². The number of aromatic nitrogens is 1. The molecule has 1 aromatic heterocycles. The van der Waals surface area contributed by atoms with Crippen LogP contribution in [-0.4, -0.2) is 37.1 Å². The number of benzene rings is 1. The second kappa shape index (κ2) is 9.03. The number of methoxy groups -OCH3 is 1. The maximum atomic E-state index is 13.1. The van der Waals surface area contributed by atoms with Crippen molar-refractivity contribution in [3.8, 4) is 5.75 Å². The summed E-state index contributed by atoms with van der Waals surface area (Å²) in [6, 6.07) is 5.80. The molecule has 140 valence electrons. The largest absolute Gasteiger partial charge is 0.492 e. The van der Waals surface area contributed by atoms with Gasteiger partial charge in [0, 0.05) is 11.8 Å². The SMILES string of the molecule is CCCc1c(C(=O)NCCOc2cccc(F)c2)[nH]c(C)c1C(=O)OC. The third-order valence-electron chi connectivity index (χ3n) is 3.86.